The molecule has 2 heterocycles. The number of hydrogen-bond acceptors (Lipinski definition) is 5. The van der Waals surface area contributed by atoms with Gasteiger partial charge in [-0.3, -0.25) is 4.90 Å². The minimum Gasteiger partial charge on any atom is -0.465 e. The van der Waals surface area contributed by atoms with E-state index in [1.165, 1.54) is 17.6 Å². The summed E-state index contributed by atoms with van der Waals surface area (Å²) in [7, 11) is 1.45. The van der Waals surface area contributed by atoms with Crippen molar-refractivity contribution in [1.29, 1.82) is 0 Å². The highest BCUT2D eigenvalue weighted by Gasteiger charge is 2.32. The molecule has 118 valence electrons. The molecule has 0 aliphatic carbocycles. The number of methoxy groups -OCH3 is 1. The van der Waals surface area contributed by atoms with Crippen molar-refractivity contribution in [2.45, 2.75) is 59.2 Å². The van der Waals surface area contributed by atoms with Crippen molar-refractivity contribution < 1.29 is 9.53 Å². The molecule has 0 fully saturated rings. The molecule has 4 nitrogen and oxygen atoms in total. The monoisotopic (exact) mass is 310 g/mol. The fourth-order valence-corrected chi connectivity index (χ4v) is 4.06. The molecular formula is C16H26N2O2S. The van der Waals surface area contributed by atoms with Gasteiger partial charge in [-0.1, -0.05) is 0 Å². The van der Waals surface area contributed by atoms with Gasteiger partial charge in [0, 0.05) is 29.5 Å². The van der Waals surface area contributed by atoms with Gasteiger partial charge in [0.25, 0.3) is 0 Å². The molecule has 0 unspecified atom stereocenters. The van der Waals surface area contributed by atoms with E-state index in [1.54, 1.807) is 11.3 Å². The molecule has 2 rings (SSSR count). The Morgan fingerprint density at radius 1 is 1.38 bits per heavy atom. The predicted octanol–water partition coefficient (Wildman–Crippen LogP) is 3.51. The number of esters is 1. The Balaban J connectivity index is 2.39. The molecule has 0 aromatic carbocycles. The summed E-state index contributed by atoms with van der Waals surface area (Å²) < 4.78 is 4.99. The van der Waals surface area contributed by atoms with E-state index in [9.17, 15) is 4.79 Å². The molecule has 1 aromatic heterocycles. The van der Waals surface area contributed by atoms with Crippen LogP contribution in [0.15, 0.2) is 0 Å². The van der Waals surface area contributed by atoms with Crippen molar-refractivity contribution in [1.82, 2.24) is 4.90 Å². The lowest BCUT2D eigenvalue weighted by Gasteiger charge is -2.38. The van der Waals surface area contributed by atoms with Crippen molar-refractivity contribution in [3.05, 3.63) is 16.0 Å². The average Bonchev–Trinajstić information content (AvgIpc) is 2.72. The lowest BCUT2D eigenvalue weighted by atomic mass is 9.97. The van der Waals surface area contributed by atoms with Crippen LogP contribution in [0, 0.1) is 0 Å². The summed E-state index contributed by atoms with van der Waals surface area (Å²) in [6.07, 6.45) is 0.910. The third kappa shape index (κ3) is 3.40. The maximum absolute atomic E-state index is 12.2. The molecule has 0 radical (unpaired) electrons. The van der Waals surface area contributed by atoms with Gasteiger partial charge < -0.3 is 10.1 Å². The summed E-state index contributed by atoms with van der Waals surface area (Å²) >= 11 is 1.70. The zero-order chi connectivity index (χ0) is 15.8. The zero-order valence-corrected chi connectivity index (χ0v) is 14.7. The third-order valence-electron chi connectivity index (χ3n) is 3.81. The number of fused-ring (bicyclic) bond motifs is 1. The second kappa shape index (κ2) is 5.97. The Morgan fingerprint density at radius 2 is 2.05 bits per heavy atom. The first-order valence-corrected chi connectivity index (χ1v) is 8.30. The fourth-order valence-electron chi connectivity index (χ4n) is 2.66. The molecule has 21 heavy (non-hydrogen) atoms. The van der Waals surface area contributed by atoms with E-state index in [2.05, 4.69) is 44.8 Å². The van der Waals surface area contributed by atoms with Crippen LogP contribution in [0.4, 0.5) is 5.00 Å². The molecule has 1 aromatic rings. The van der Waals surface area contributed by atoms with E-state index in [1.807, 2.05) is 0 Å². The lowest BCUT2D eigenvalue weighted by molar-refractivity contribution is 0.0599. The van der Waals surface area contributed by atoms with E-state index in [0.717, 1.165) is 30.1 Å². The Labute approximate surface area is 131 Å². The molecule has 0 amide bonds. The third-order valence-corrected chi connectivity index (χ3v) is 4.96. The Morgan fingerprint density at radius 3 is 2.57 bits per heavy atom. The van der Waals surface area contributed by atoms with Crippen LogP contribution in [0.5, 0.6) is 0 Å². The van der Waals surface area contributed by atoms with E-state index >= 15 is 0 Å². The van der Waals surface area contributed by atoms with Crippen molar-refractivity contribution >= 4 is 22.3 Å². The first-order valence-electron chi connectivity index (χ1n) is 7.48. The highest BCUT2D eigenvalue weighted by molar-refractivity contribution is 7.16. The van der Waals surface area contributed by atoms with Crippen molar-refractivity contribution in [3.63, 3.8) is 0 Å². The number of carbonyl (C=O) groups is 1. The number of nitrogens with zero attached hydrogens (tertiary/aromatic N) is 1. The summed E-state index contributed by atoms with van der Waals surface area (Å²) in [6.45, 7) is 12.8. The van der Waals surface area contributed by atoms with Crippen LogP contribution in [0.2, 0.25) is 0 Å². The normalized spacial score (nSPS) is 16.0. The number of nitrogens with one attached hydrogen (secondary N) is 1. The Kier molecular flexibility index (Phi) is 4.63. The van der Waals surface area contributed by atoms with Crippen LogP contribution in [0.1, 0.15) is 55.4 Å². The van der Waals surface area contributed by atoms with Crippen LogP contribution >= 0.6 is 11.3 Å². The Hall–Kier alpha value is -1.07. The van der Waals surface area contributed by atoms with Crippen LogP contribution in [-0.4, -0.2) is 36.1 Å². The molecule has 0 spiro atoms. The summed E-state index contributed by atoms with van der Waals surface area (Å²) in [4.78, 5) is 15.9. The van der Waals surface area contributed by atoms with Gasteiger partial charge in [-0.25, -0.2) is 4.79 Å². The number of rotatable bonds is 3. The molecule has 1 aliphatic heterocycles. The maximum atomic E-state index is 12.2. The number of carbonyl (C=O) groups excluding carboxylic acids is 1. The summed E-state index contributed by atoms with van der Waals surface area (Å²) in [5.74, 6) is -0.222. The van der Waals surface area contributed by atoms with Gasteiger partial charge >= 0.3 is 5.97 Å². The van der Waals surface area contributed by atoms with Gasteiger partial charge in [0.1, 0.15) is 5.00 Å². The average molecular weight is 310 g/mol. The molecule has 0 atom stereocenters. The molecule has 0 saturated carbocycles. The minimum absolute atomic E-state index is 0.152. The van der Waals surface area contributed by atoms with Gasteiger partial charge in [-0.05, 0) is 46.6 Å². The van der Waals surface area contributed by atoms with Crippen LogP contribution in [0.25, 0.3) is 0 Å². The predicted molar refractivity (Wildman–Crippen MR) is 88.3 cm³/mol. The van der Waals surface area contributed by atoms with E-state index < -0.39 is 0 Å². The molecule has 0 bridgehead atoms. The fraction of sp³-hybridized carbons (Fsp3) is 0.688. The number of anilines is 1. The summed E-state index contributed by atoms with van der Waals surface area (Å²) in [6, 6.07) is 0.298. The smallest absolute Gasteiger partial charge is 0.341 e. The number of ether oxygens (including phenoxy) is 1. The zero-order valence-electron chi connectivity index (χ0n) is 13.9. The van der Waals surface area contributed by atoms with Gasteiger partial charge in [0.15, 0.2) is 0 Å². The maximum Gasteiger partial charge on any atom is 0.341 e. The van der Waals surface area contributed by atoms with E-state index in [4.69, 9.17) is 4.74 Å². The SMILES string of the molecule is COC(=O)c1c(NC(C)C)sc2c1CCN(C(C)(C)C)C2. The quantitative estimate of drug-likeness (QED) is 0.868. The topological polar surface area (TPSA) is 41.6 Å². The molecule has 0 saturated heterocycles. The minimum atomic E-state index is -0.222. The largest absolute Gasteiger partial charge is 0.465 e. The summed E-state index contributed by atoms with van der Waals surface area (Å²) in [5, 5.41) is 4.35. The number of thiophene rings is 1. The lowest BCUT2D eigenvalue weighted by Crippen LogP contribution is -2.44. The highest BCUT2D eigenvalue weighted by atomic mass is 32.1. The first-order chi connectivity index (χ1) is 9.74. The molecule has 5 heteroatoms. The molecule has 1 N–H and O–H groups in total. The van der Waals surface area contributed by atoms with Crippen molar-refractivity contribution in [3.8, 4) is 0 Å². The first kappa shape index (κ1) is 16.3. The van der Waals surface area contributed by atoms with E-state index in [0.29, 0.717) is 6.04 Å². The molecular weight excluding hydrogens is 284 g/mol. The highest BCUT2D eigenvalue weighted by Crippen LogP contribution is 2.39. The second-order valence-electron chi connectivity index (χ2n) is 6.84. The van der Waals surface area contributed by atoms with Gasteiger partial charge in [-0.2, -0.15) is 0 Å². The van der Waals surface area contributed by atoms with Gasteiger partial charge in [0.05, 0.1) is 12.7 Å². The van der Waals surface area contributed by atoms with Crippen LogP contribution in [-0.2, 0) is 17.7 Å². The van der Waals surface area contributed by atoms with Crippen molar-refractivity contribution in [2.75, 3.05) is 19.0 Å². The molecule has 1 aliphatic rings. The van der Waals surface area contributed by atoms with Gasteiger partial charge in [-0.15, -0.1) is 11.3 Å². The van der Waals surface area contributed by atoms with E-state index in [-0.39, 0.29) is 11.5 Å². The van der Waals surface area contributed by atoms with Crippen molar-refractivity contribution in [2.24, 2.45) is 0 Å². The Bertz CT molecular complexity index is 529. The van der Waals surface area contributed by atoms with Crippen LogP contribution < -0.4 is 5.32 Å². The second-order valence-corrected chi connectivity index (χ2v) is 7.95. The van der Waals surface area contributed by atoms with Gasteiger partial charge in [0.2, 0.25) is 0 Å². The number of hydrogen-bond donors (Lipinski definition) is 1. The summed E-state index contributed by atoms with van der Waals surface area (Å²) in [5.41, 5.74) is 2.08. The van der Waals surface area contributed by atoms with Crippen LogP contribution in [0.3, 0.4) is 0 Å². The standard InChI is InChI=1S/C16H26N2O2S/c1-10(2)17-14-13(15(19)20-6)11-7-8-18(16(3,4)5)9-12(11)21-14/h10,17H,7-9H2,1-6H3.